The molecule has 0 amide bonds. The number of Topliss-reactive ketones (excluding diaryl/α,β-unsaturated/α-hetero) is 1. The van der Waals surface area contributed by atoms with Gasteiger partial charge in [0.05, 0.1) is 10.9 Å². The van der Waals surface area contributed by atoms with Crippen LogP contribution in [-0.4, -0.2) is 19.3 Å². The van der Waals surface area contributed by atoms with E-state index < -0.39 is 16.1 Å². The highest BCUT2D eigenvalue weighted by atomic mass is 32.2. The van der Waals surface area contributed by atoms with Crippen LogP contribution in [-0.2, 0) is 14.8 Å². The second-order valence-electron chi connectivity index (χ2n) is 5.51. The molecule has 0 saturated heterocycles. The van der Waals surface area contributed by atoms with E-state index in [9.17, 15) is 18.3 Å². The summed E-state index contributed by atoms with van der Waals surface area (Å²) in [4.78, 5) is 11.8. The minimum absolute atomic E-state index is 0.0483. The summed E-state index contributed by atoms with van der Waals surface area (Å²) in [6, 6.07) is 11.5. The van der Waals surface area contributed by atoms with E-state index >= 15 is 0 Å². The second kappa shape index (κ2) is 6.98. The number of ketones is 1. The molecule has 0 aromatic heterocycles. The second-order valence-corrected chi connectivity index (χ2v) is 7.22. The van der Waals surface area contributed by atoms with Gasteiger partial charge in [0.15, 0.2) is 5.78 Å². The number of nitrogens with one attached hydrogen (secondary N) is 1. The van der Waals surface area contributed by atoms with Gasteiger partial charge in [0.2, 0.25) is 10.0 Å². The molecule has 0 saturated carbocycles. The van der Waals surface area contributed by atoms with Gasteiger partial charge in [-0.3, -0.25) is 4.79 Å². The standard InChI is InChI=1S/C18H19NO4S/c1-12-8-10-15(11-9-12)24(22,23)19-18(13(2)14(3)20)16-6-4-5-7-17(16)21/h4-11,18-19,21H,2H2,1,3H3/t18-/m1/s1. The van der Waals surface area contributed by atoms with Crippen molar-refractivity contribution in [1.82, 2.24) is 4.72 Å². The third-order valence-electron chi connectivity index (χ3n) is 3.65. The normalized spacial score (nSPS) is 12.6. The first-order valence-corrected chi connectivity index (χ1v) is 8.77. The molecule has 0 heterocycles. The van der Waals surface area contributed by atoms with Crippen LogP contribution in [0.3, 0.4) is 0 Å². The highest BCUT2D eigenvalue weighted by Crippen LogP contribution is 2.30. The molecule has 2 N–H and O–H groups in total. The van der Waals surface area contributed by atoms with Crippen LogP contribution < -0.4 is 4.72 Å². The van der Waals surface area contributed by atoms with Crippen LogP contribution in [0.4, 0.5) is 0 Å². The van der Waals surface area contributed by atoms with E-state index in [1.807, 2.05) is 6.92 Å². The molecule has 0 unspecified atom stereocenters. The molecule has 0 bridgehead atoms. The number of hydrogen-bond acceptors (Lipinski definition) is 4. The van der Waals surface area contributed by atoms with E-state index in [1.165, 1.54) is 25.1 Å². The molecular formula is C18H19NO4S. The third-order valence-corrected chi connectivity index (χ3v) is 5.09. The third kappa shape index (κ3) is 3.90. The monoisotopic (exact) mass is 345 g/mol. The number of phenols is 1. The minimum Gasteiger partial charge on any atom is -0.508 e. The summed E-state index contributed by atoms with van der Waals surface area (Å²) in [5, 5.41) is 10.0. The van der Waals surface area contributed by atoms with Crippen molar-refractivity contribution in [2.24, 2.45) is 0 Å². The lowest BCUT2D eigenvalue weighted by Crippen LogP contribution is -2.31. The van der Waals surface area contributed by atoms with E-state index in [-0.39, 0.29) is 27.6 Å². The highest BCUT2D eigenvalue weighted by Gasteiger charge is 2.27. The predicted octanol–water partition coefficient (Wildman–Crippen LogP) is 2.87. The Labute approximate surface area is 141 Å². The van der Waals surface area contributed by atoms with E-state index in [0.29, 0.717) is 0 Å². The fourth-order valence-corrected chi connectivity index (χ4v) is 3.41. The number of aryl methyl sites for hydroxylation is 1. The van der Waals surface area contributed by atoms with Crippen LogP contribution in [0, 0.1) is 6.92 Å². The SMILES string of the molecule is C=C(C(C)=O)[C@@H](NS(=O)(=O)c1ccc(C)cc1)c1ccccc1O. The summed E-state index contributed by atoms with van der Waals surface area (Å²) in [5.41, 5.74) is 1.25. The van der Waals surface area contributed by atoms with E-state index in [4.69, 9.17) is 0 Å². The first-order valence-electron chi connectivity index (χ1n) is 7.29. The zero-order chi connectivity index (χ0) is 17.9. The molecule has 5 nitrogen and oxygen atoms in total. The fourth-order valence-electron chi connectivity index (χ4n) is 2.20. The summed E-state index contributed by atoms with van der Waals surface area (Å²) >= 11 is 0. The van der Waals surface area contributed by atoms with Gasteiger partial charge in [-0.15, -0.1) is 0 Å². The molecule has 2 aromatic rings. The first kappa shape index (κ1) is 17.9. The number of carbonyl (C=O) groups excluding carboxylic acids is 1. The largest absolute Gasteiger partial charge is 0.508 e. The zero-order valence-electron chi connectivity index (χ0n) is 13.5. The maximum absolute atomic E-state index is 12.6. The Morgan fingerprint density at radius 2 is 1.71 bits per heavy atom. The fraction of sp³-hybridized carbons (Fsp3) is 0.167. The molecule has 0 aliphatic carbocycles. The smallest absolute Gasteiger partial charge is 0.241 e. The Hall–Kier alpha value is -2.44. The summed E-state index contributed by atoms with van der Waals surface area (Å²) in [7, 11) is -3.89. The topological polar surface area (TPSA) is 83.5 Å². The Balaban J connectivity index is 2.45. The van der Waals surface area contributed by atoms with Crippen LogP contribution in [0.15, 0.2) is 65.6 Å². The van der Waals surface area contributed by atoms with Crippen molar-refractivity contribution in [3.63, 3.8) is 0 Å². The highest BCUT2D eigenvalue weighted by molar-refractivity contribution is 7.89. The molecule has 0 radical (unpaired) electrons. The van der Waals surface area contributed by atoms with Crippen molar-refractivity contribution in [2.45, 2.75) is 24.8 Å². The molecule has 0 spiro atoms. The minimum atomic E-state index is -3.89. The van der Waals surface area contributed by atoms with Crippen molar-refractivity contribution in [3.8, 4) is 5.75 Å². The Bertz CT molecular complexity index is 870. The lowest BCUT2D eigenvalue weighted by Gasteiger charge is -2.21. The molecule has 24 heavy (non-hydrogen) atoms. The van der Waals surface area contributed by atoms with Crippen LogP contribution in [0.5, 0.6) is 5.75 Å². The van der Waals surface area contributed by atoms with E-state index in [2.05, 4.69) is 11.3 Å². The van der Waals surface area contributed by atoms with Crippen LogP contribution in [0.1, 0.15) is 24.1 Å². The number of sulfonamides is 1. The lowest BCUT2D eigenvalue weighted by molar-refractivity contribution is -0.113. The molecule has 6 heteroatoms. The first-order chi connectivity index (χ1) is 11.2. The molecule has 126 valence electrons. The maximum Gasteiger partial charge on any atom is 0.241 e. The van der Waals surface area contributed by atoms with E-state index in [1.54, 1.807) is 30.3 Å². The van der Waals surface area contributed by atoms with Crippen LogP contribution in [0.25, 0.3) is 0 Å². The molecule has 0 aliphatic rings. The molecule has 0 aliphatic heterocycles. The number of para-hydroxylation sites is 1. The molecule has 1 atom stereocenters. The molecule has 2 aromatic carbocycles. The Morgan fingerprint density at radius 1 is 1.12 bits per heavy atom. The van der Waals surface area contributed by atoms with Crippen molar-refractivity contribution in [3.05, 3.63) is 71.8 Å². The van der Waals surface area contributed by atoms with Gasteiger partial charge >= 0.3 is 0 Å². The molecule has 2 rings (SSSR count). The number of carbonyl (C=O) groups is 1. The average molecular weight is 345 g/mol. The van der Waals surface area contributed by atoms with Crippen molar-refractivity contribution >= 4 is 15.8 Å². The predicted molar refractivity (Wildman–Crippen MR) is 92.2 cm³/mol. The van der Waals surface area contributed by atoms with Crippen molar-refractivity contribution < 1.29 is 18.3 Å². The van der Waals surface area contributed by atoms with Gasteiger partial charge in [0.25, 0.3) is 0 Å². The average Bonchev–Trinajstić information content (AvgIpc) is 2.53. The van der Waals surface area contributed by atoms with Gasteiger partial charge in [-0.05, 0) is 32.0 Å². The van der Waals surface area contributed by atoms with Gasteiger partial charge < -0.3 is 5.11 Å². The summed E-state index contributed by atoms with van der Waals surface area (Å²) in [6.45, 7) is 6.83. The maximum atomic E-state index is 12.6. The summed E-state index contributed by atoms with van der Waals surface area (Å²) < 4.78 is 27.7. The van der Waals surface area contributed by atoms with Gasteiger partial charge in [0.1, 0.15) is 5.75 Å². The van der Waals surface area contributed by atoms with Crippen molar-refractivity contribution in [2.75, 3.05) is 0 Å². The van der Waals surface area contributed by atoms with E-state index in [0.717, 1.165) is 5.56 Å². The zero-order valence-corrected chi connectivity index (χ0v) is 14.3. The number of benzene rings is 2. The lowest BCUT2D eigenvalue weighted by atomic mass is 9.97. The Kier molecular flexibility index (Phi) is 5.21. The molecule has 0 fully saturated rings. The molecular weight excluding hydrogens is 326 g/mol. The van der Waals surface area contributed by atoms with Gasteiger partial charge in [-0.2, -0.15) is 4.72 Å². The van der Waals surface area contributed by atoms with Crippen molar-refractivity contribution in [1.29, 1.82) is 0 Å². The Morgan fingerprint density at radius 3 is 2.25 bits per heavy atom. The number of aromatic hydroxyl groups is 1. The number of phenolic OH excluding ortho intramolecular Hbond substituents is 1. The summed E-state index contributed by atoms with van der Waals surface area (Å²) in [5.74, 6) is -0.480. The van der Waals surface area contributed by atoms with Crippen LogP contribution in [0.2, 0.25) is 0 Å². The number of rotatable bonds is 6. The summed E-state index contributed by atoms with van der Waals surface area (Å²) in [6.07, 6.45) is 0. The van der Waals surface area contributed by atoms with Crippen LogP contribution >= 0.6 is 0 Å². The van der Waals surface area contributed by atoms with Gasteiger partial charge in [-0.25, -0.2) is 8.42 Å². The van der Waals surface area contributed by atoms with Gasteiger partial charge in [-0.1, -0.05) is 42.5 Å². The quantitative estimate of drug-likeness (QED) is 0.789. The number of hydrogen-bond donors (Lipinski definition) is 2. The van der Waals surface area contributed by atoms with Gasteiger partial charge in [0, 0.05) is 11.1 Å².